The molecule has 0 atom stereocenters. The quantitative estimate of drug-likeness (QED) is 0.372. The van der Waals surface area contributed by atoms with Crippen LogP contribution in [0.1, 0.15) is 17.6 Å². The van der Waals surface area contributed by atoms with Crippen molar-refractivity contribution in [3.05, 3.63) is 32.5 Å². The van der Waals surface area contributed by atoms with Gasteiger partial charge in [-0.1, -0.05) is 15.9 Å². The Labute approximate surface area is 96.5 Å². The van der Waals surface area contributed by atoms with E-state index in [2.05, 4.69) is 20.9 Å². The van der Waals surface area contributed by atoms with Gasteiger partial charge >= 0.3 is 5.82 Å². The summed E-state index contributed by atoms with van der Waals surface area (Å²) < 4.78 is 25.1. The molecule has 0 saturated carbocycles. The van der Waals surface area contributed by atoms with Crippen LogP contribution in [-0.2, 0) is 5.33 Å². The number of hydrogen-bond donors (Lipinski definition) is 0. The number of alkyl halides is 3. The smallest absolute Gasteiger partial charge is 0.358 e. The molecule has 1 aromatic heterocycles. The Hall–Kier alpha value is -0.820. The largest absolute Gasteiger partial charge is 0.374 e. The van der Waals surface area contributed by atoms with Gasteiger partial charge in [-0.3, -0.25) is 0 Å². The van der Waals surface area contributed by atoms with Crippen molar-refractivity contribution in [2.45, 2.75) is 11.8 Å². The number of hydrogen-bond acceptors (Lipinski definition) is 3. The van der Waals surface area contributed by atoms with Gasteiger partial charge in [0.1, 0.15) is 5.56 Å². The van der Waals surface area contributed by atoms with Crippen molar-refractivity contribution in [1.29, 1.82) is 0 Å². The first-order valence-electron chi connectivity index (χ1n) is 3.65. The summed E-state index contributed by atoms with van der Waals surface area (Å²) in [6.45, 7) is 0. The van der Waals surface area contributed by atoms with E-state index in [1.807, 2.05) is 0 Å². The Bertz CT molecular complexity index is 403. The van der Waals surface area contributed by atoms with E-state index >= 15 is 0 Å². The van der Waals surface area contributed by atoms with Gasteiger partial charge in [0.05, 0.1) is 0 Å². The molecule has 1 heterocycles. The van der Waals surface area contributed by atoms with Crippen LogP contribution < -0.4 is 0 Å². The number of nitro groups is 1. The normalized spacial score (nSPS) is 10.7. The van der Waals surface area contributed by atoms with Crippen molar-refractivity contribution >= 4 is 33.3 Å². The molecule has 0 aromatic carbocycles. The number of halogens is 4. The van der Waals surface area contributed by atoms with Gasteiger partial charge in [0, 0.05) is 11.4 Å². The lowest BCUT2D eigenvalue weighted by molar-refractivity contribution is -0.391. The minimum atomic E-state index is -2.96. The van der Waals surface area contributed by atoms with E-state index in [9.17, 15) is 18.9 Å². The van der Waals surface area contributed by atoms with E-state index in [1.165, 1.54) is 6.07 Å². The fourth-order valence-electron chi connectivity index (χ4n) is 1.05. The average Bonchev–Trinajstić information content (AvgIpc) is 2.15. The minimum absolute atomic E-state index is 0.0513. The van der Waals surface area contributed by atoms with Gasteiger partial charge in [0.15, 0.2) is 0 Å². The summed E-state index contributed by atoms with van der Waals surface area (Å²) in [5, 5.41) is 10.4. The zero-order chi connectivity index (χ0) is 11.6. The van der Waals surface area contributed by atoms with Crippen LogP contribution in [-0.4, -0.2) is 9.91 Å². The highest BCUT2D eigenvalue weighted by molar-refractivity contribution is 9.08. The van der Waals surface area contributed by atoms with Gasteiger partial charge in [0.25, 0.3) is 6.43 Å². The second-order valence-corrected chi connectivity index (χ2v) is 3.48. The van der Waals surface area contributed by atoms with E-state index in [1.54, 1.807) is 0 Å². The van der Waals surface area contributed by atoms with Crippen LogP contribution in [0.25, 0.3) is 0 Å². The summed E-state index contributed by atoms with van der Waals surface area (Å²) in [4.78, 5) is 12.8. The van der Waals surface area contributed by atoms with Crippen molar-refractivity contribution < 1.29 is 13.7 Å². The van der Waals surface area contributed by atoms with Crippen LogP contribution in [0.5, 0.6) is 0 Å². The molecule has 4 nitrogen and oxygen atoms in total. The predicted octanol–water partition coefficient (Wildman–Crippen LogP) is 3.48. The molecule has 82 valence electrons. The van der Waals surface area contributed by atoms with Crippen LogP contribution in [0.2, 0.25) is 5.15 Å². The zero-order valence-corrected chi connectivity index (χ0v) is 9.43. The average molecular weight is 301 g/mol. The summed E-state index contributed by atoms with van der Waals surface area (Å²) in [7, 11) is 0. The Morgan fingerprint density at radius 3 is 2.67 bits per heavy atom. The van der Waals surface area contributed by atoms with E-state index in [4.69, 9.17) is 11.6 Å². The highest BCUT2D eigenvalue weighted by Gasteiger charge is 2.28. The van der Waals surface area contributed by atoms with Crippen LogP contribution in [0, 0.1) is 10.1 Å². The lowest BCUT2D eigenvalue weighted by Gasteiger charge is -2.05. The molecule has 0 aliphatic rings. The number of nitrogens with zero attached hydrogens (tertiary/aromatic N) is 2. The molecule has 8 heteroatoms. The first-order chi connectivity index (χ1) is 6.97. The molecule has 0 spiro atoms. The van der Waals surface area contributed by atoms with Crippen molar-refractivity contribution in [2.24, 2.45) is 0 Å². The third-order valence-corrected chi connectivity index (χ3v) is 2.43. The first-order valence-corrected chi connectivity index (χ1v) is 5.15. The van der Waals surface area contributed by atoms with Gasteiger partial charge in [-0.25, -0.2) is 8.78 Å². The molecule has 0 saturated heterocycles. The summed E-state index contributed by atoms with van der Waals surface area (Å²) in [5.41, 5.74) is -0.627. The maximum absolute atomic E-state index is 12.6. The van der Waals surface area contributed by atoms with Crippen molar-refractivity contribution in [3.63, 3.8) is 0 Å². The molecule has 0 radical (unpaired) electrons. The molecular formula is C7H4BrClF2N2O2. The first kappa shape index (κ1) is 12.3. The molecule has 0 aliphatic carbocycles. The van der Waals surface area contributed by atoms with Gasteiger partial charge in [-0.15, -0.1) is 0 Å². The molecule has 1 rings (SSSR count). The second kappa shape index (κ2) is 4.80. The molecular weight excluding hydrogens is 297 g/mol. The summed E-state index contributed by atoms with van der Waals surface area (Å²) in [6, 6.07) is 1.17. The van der Waals surface area contributed by atoms with Crippen LogP contribution in [0.15, 0.2) is 6.07 Å². The molecule has 15 heavy (non-hydrogen) atoms. The topological polar surface area (TPSA) is 56.0 Å². The molecule has 0 N–H and O–H groups in total. The number of rotatable bonds is 3. The lowest BCUT2D eigenvalue weighted by atomic mass is 10.1. The monoisotopic (exact) mass is 300 g/mol. The van der Waals surface area contributed by atoms with Crippen LogP contribution in [0.4, 0.5) is 14.6 Å². The highest BCUT2D eigenvalue weighted by atomic mass is 79.9. The highest BCUT2D eigenvalue weighted by Crippen LogP contribution is 2.33. The van der Waals surface area contributed by atoms with Crippen LogP contribution >= 0.6 is 27.5 Å². The van der Waals surface area contributed by atoms with Crippen molar-refractivity contribution in [1.82, 2.24) is 4.98 Å². The molecule has 0 amide bonds. The van der Waals surface area contributed by atoms with E-state index < -0.39 is 22.7 Å². The Kier molecular flexibility index (Phi) is 3.92. The maximum Gasteiger partial charge on any atom is 0.374 e. The lowest BCUT2D eigenvalue weighted by Crippen LogP contribution is -2.03. The Morgan fingerprint density at radius 1 is 1.67 bits per heavy atom. The standard InChI is InChI=1S/C7H4BrClF2N2O2/c8-2-3-1-4(9)12-7(13(14)15)5(3)6(10)11/h1,6H,2H2. The van der Waals surface area contributed by atoms with Crippen LogP contribution in [0.3, 0.4) is 0 Å². The predicted molar refractivity (Wildman–Crippen MR) is 53.5 cm³/mol. The van der Waals surface area contributed by atoms with Gasteiger partial charge in [-0.2, -0.15) is 0 Å². The molecule has 0 aliphatic heterocycles. The van der Waals surface area contributed by atoms with Crippen molar-refractivity contribution in [3.8, 4) is 0 Å². The Morgan fingerprint density at radius 2 is 2.27 bits per heavy atom. The van der Waals surface area contributed by atoms with Gasteiger partial charge in [-0.05, 0) is 27.1 Å². The summed E-state index contributed by atoms with van der Waals surface area (Å²) >= 11 is 8.42. The maximum atomic E-state index is 12.6. The van der Waals surface area contributed by atoms with E-state index in [0.29, 0.717) is 0 Å². The van der Waals surface area contributed by atoms with E-state index in [-0.39, 0.29) is 16.0 Å². The zero-order valence-electron chi connectivity index (χ0n) is 7.08. The fraction of sp³-hybridized carbons (Fsp3) is 0.286. The second-order valence-electron chi connectivity index (χ2n) is 2.53. The van der Waals surface area contributed by atoms with Crippen molar-refractivity contribution in [2.75, 3.05) is 0 Å². The van der Waals surface area contributed by atoms with E-state index in [0.717, 1.165) is 0 Å². The fourth-order valence-corrected chi connectivity index (χ4v) is 1.72. The number of aromatic nitrogens is 1. The Balaban J connectivity index is 3.47. The third-order valence-electron chi connectivity index (χ3n) is 1.63. The third kappa shape index (κ3) is 2.60. The van der Waals surface area contributed by atoms with Gasteiger partial charge < -0.3 is 10.1 Å². The SMILES string of the molecule is O=[N+]([O-])c1nc(Cl)cc(CBr)c1C(F)F. The minimum Gasteiger partial charge on any atom is -0.358 e. The summed E-state index contributed by atoms with van der Waals surface area (Å²) in [6.07, 6.45) is -2.96. The molecule has 0 unspecified atom stereocenters. The molecule has 0 bridgehead atoms. The summed E-state index contributed by atoms with van der Waals surface area (Å²) in [5.74, 6) is -0.896. The van der Waals surface area contributed by atoms with Gasteiger partial charge in [0.2, 0.25) is 5.15 Å². The molecule has 1 aromatic rings. The number of pyridine rings is 1. The molecule has 0 fully saturated rings.